The molecule has 1 saturated heterocycles. The third-order valence-electron chi connectivity index (χ3n) is 5.36. The second-order valence-electron chi connectivity index (χ2n) is 6.59. The molecular formula is C17H24N2O2S. The highest BCUT2D eigenvalue weighted by Crippen LogP contribution is 2.48. The minimum absolute atomic E-state index is 0.103. The number of carbonyl (C=O) groups is 2. The standard InChI is InChI=1S/C17H24N2O2S/c1-3-19-14-7-4-9-17(14,10-8-15(19)20)12-18(2)16(21)13-6-5-11-22-13/h5-6,11,14H,3-4,7-10,12H2,1-2H3. The first kappa shape index (κ1) is 15.5. The number of amides is 2. The molecule has 0 spiro atoms. The van der Waals surface area contributed by atoms with Gasteiger partial charge in [0.15, 0.2) is 0 Å². The van der Waals surface area contributed by atoms with Gasteiger partial charge in [-0.1, -0.05) is 12.5 Å². The Morgan fingerprint density at radius 3 is 3.00 bits per heavy atom. The van der Waals surface area contributed by atoms with Crippen LogP contribution in [-0.4, -0.2) is 47.8 Å². The van der Waals surface area contributed by atoms with E-state index in [1.54, 1.807) is 0 Å². The molecule has 2 fully saturated rings. The van der Waals surface area contributed by atoms with Gasteiger partial charge in [0.05, 0.1) is 4.88 Å². The summed E-state index contributed by atoms with van der Waals surface area (Å²) in [5.41, 5.74) is 0.103. The highest BCUT2D eigenvalue weighted by Gasteiger charge is 2.50. The fourth-order valence-corrected chi connectivity index (χ4v) is 5.08. The Morgan fingerprint density at radius 2 is 2.32 bits per heavy atom. The van der Waals surface area contributed by atoms with Crippen molar-refractivity contribution in [3.05, 3.63) is 22.4 Å². The Hall–Kier alpha value is -1.36. The van der Waals surface area contributed by atoms with Crippen LogP contribution in [0.25, 0.3) is 0 Å². The monoisotopic (exact) mass is 320 g/mol. The summed E-state index contributed by atoms with van der Waals surface area (Å²) in [5.74, 6) is 0.396. The van der Waals surface area contributed by atoms with E-state index in [0.717, 1.165) is 43.6 Å². The van der Waals surface area contributed by atoms with Crippen molar-refractivity contribution in [1.29, 1.82) is 0 Å². The van der Waals surface area contributed by atoms with Crippen LogP contribution in [0.2, 0.25) is 0 Å². The van der Waals surface area contributed by atoms with Gasteiger partial charge < -0.3 is 9.80 Å². The first-order valence-electron chi connectivity index (χ1n) is 8.16. The van der Waals surface area contributed by atoms with Crippen molar-refractivity contribution in [3.63, 3.8) is 0 Å². The van der Waals surface area contributed by atoms with Crippen LogP contribution in [0, 0.1) is 5.41 Å². The molecular weight excluding hydrogens is 296 g/mol. The Balaban J connectivity index is 1.77. The van der Waals surface area contributed by atoms with Gasteiger partial charge in [-0.15, -0.1) is 11.3 Å². The van der Waals surface area contributed by atoms with Crippen LogP contribution >= 0.6 is 11.3 Å². The molecule has 2 heterocycles. The maximum absolute atomic E-state index is 12.5. The molecule has 1 saturated carbocycles. The van der Waals surface area contributed by atoms with Gasteiger partial charge in [-0.25, -0.2) is 0 Å². The number of piperidine rings is 1. The van der Waals surface area contributed by atoms with Gasteiger partial charge in [-0.3, -0.25) is 9.59 Å². The number of rotatable bonds is 4. The van der Waals surface area contributed by atoms with E-state index in [1.165, 1.54) is 11.3 Å². The summed E-state index contributed by atoms with van der Waals surface area (Å²) in [4.78, 5) is 29.4. The topological polar surface area (TPSA) is 40.6 Å². The minimum Gasteiger partial charge on any atom is -0.340 e. The van der Waals surface area contributed by atoms with Crippen LogP contribution in [0.3, 0.4) is 0 Å². The average molecular weight is 320 g/mol. The Labute approximate surface area is 136 Å². The Kier molecular flexibility index (Phi) is 4.26. The lowest BCUT2D eigenvalue weighted by Gasteiger charge is -2.47. The molecule has 0 N–H and O–H groups in total. The van der Waals surface area contributed by atoms with Gasteiger partial charge in [0.25, 0.3) is 5.91 Å². The Bertz CT molecular complexity index is 557. The first-order chi connectivity index (χ1) is 10.6. The van der Waals surface area contributed by atoms with Crippen LogP contribution in [-0.2, 0) is 4.79 Å². The Morgan fingerprint density at radius 1 is 1.50 bits per heavy atom. The van der Waals surface area contributed by atoms with Gasteiger partial charge >= 0.3 is 0 Å². The smallest absolute Gasteiger partial charge is 0.263 e. The second kappa shape index (κ2) is 6.03. The van der Waals surface area contributed by atoms with Crippen LogP contribution in [0.5, 0.6) is 0 Å². The van der Waals surface area contributed by atoms with Gasteiger partial charge in [-0.05, 0) is 37.6 Å². The highest BCUT2D eigenvalue weighted by atomic mass is 32.1. The first-order valence-corrected chi connectivity index (χ1v) is 9.04. The fraction of sp³-hybridized carbons (Fsp3) is 0.647. The van der Waals surface area contributed by atoms with E-state index in [2.05, 4.69) is 11.8 Å². The molecule has 0 radical (unpaired) electrons. The molecule has 120 valence electrons. The van der Waals surface area contributed by atoms with E-state index in [1.807, 2.05) is 29.5 Å². The van der Waals surface area contributed by atoms with Gasteiger partial charge in [0, 0.05) is 38.0 Å². The predicted molar refractivity (Wildman–Crippen MR) is 88.0 cm³/mol. The highest BCUT2D eigenvalue weighted by molar-refractivity contribution is 7.12. The summed E-state index contributed by atoms with van der Waals surface area (Å²) in [6.07, 6.45) is 4.93. The fourth-order valence-electron chi connectivity index (χ4n) is 4.36. The molecule has 1 aliphatic heterocycles. The van der Waals surface area contributed by atoms with Crippen molar-refractivity contribution in [2.45, 2.75) is 45.1 Å². The number of carbonyl (C=O) groups excluding carboxylic acids is 2. The summed E-state index contributed by atoms with van der Waals surface area (Å²) >= 11 is 1.49. The van der Waals surface area contributed by atoms with Crippen molar-refractivity contribution in [3.8, 4) is 0 Å². The van der Waals surface area contributed by atoms with E-state index >= 15 is 0 Å². The third-order valence-corrected chi connectivity index (χ3v) is 6.22. The summed E-state index contributed by atoms with van der Waals surface area (Å²) in [6.45, 7) is 3.61. The van der Waals surface area contributed by atoms with Gasteiger partial charge in [0.1, 0.15) is 0 Å². The molecule has 22 heavy (non-hydrogen) atoms. The number of nitrogens with zero attached hydrogens (tertiary/aromatic N) is 2. The van der Waals surface area contributed by atoms with Gasteiger partial charge in [0.2, 0.25) is 5.91 Å². The molecule has 0 bridgehead atoms. The largest absolute Gasteiger partial charge is 0.340 e. The molecule has 1 aliphatic carbocycles. The molecule has 2 amide bonds. The molecule has 2 atom stereocenters. The maximum atomic E-state index is 12.5. The van der Waals surface area contributed by atoms with E-state index in [9.17, 15) is 9.59 Å². The van der Waals surface area contributed by atoms with Crippen molar-refractivity contribution in [1.82, 2.24) is 9.80 Å². The zero-order valence-electron chi connectivity index (χ0n) is 13.4. The number of hydrogen-bond acceptors (Lipinski definition) is 3. The predicted octanol–water partition coefficient (Wildman–Crippen LogP) is 3.00. The normalized spacial score (nSPS) is 27.8. The quantitative estimate of drug-likeness (QED) is 0.855. The lowest BCUT2D eigenvalue weighted by molar-refractivity contribution is -0.141. The zero-order valence-corrected chi connectivity index (χ0v) is 14.2. The molecule has 4 nitrogen and oxygen atoms in total. The van der Waals surface area contributed by atoms with Crippen LogP contribution in [0.1, 0.15) is 48.7 Å². The molecule has 2 unspecified atom stereocenters. The molecule has 3 rings (SSSR count). The van der Waals surface area contributed by atoms with E-state index in [4.69, 9.17) is 0 Å². The van der Waals surface area contributed by atoms with Crippen molar-refractivity contribution in [2.24, 2.45) is 5.41 Å². The van der Waals surface area contributed by atoms with E-state index in [0.29, 0.717) is 12.5 Å². The summed E-state index contributed by atoms with van der Waals surface area (Å²) < 4.78 is 0. The number of likely N-dealkylation sites (tertiary alicyclic amines) is 1. The molecule has 1 aromatic rings. The summed E-state index contributed by atoms with van der Waals surface area (Å²) in [7, 11) is 1.90. The third kappa shape index (κ3) is 2.56. The second-order valence-corrected chi connectivity index (χ2v) is 7.54. The number of fused-ring (bicyclic) bond motifs is 1. The zero-order chi connectivity index (χ0) is 15.7. The van der Waals surface area contributed by atoms with Crippen LogP contribution in [0.15, 0.2) is 17.5 Å². The summed E-state index contributed by atoms with van der Waals surface area (Å²) in [6, 6.07) is 4.12. The maximum Gasteiger partial charge on any atom is 0.263 e. The molecule has 5 heteroatoms. The van der Waals surface area contributed by atoms with E-state index < -0.39 is 0 Å². The number of hydrogen-bond donors (Lipinski definition) is 0. The average Bonchev–Trinajstić information content (AvgIpc) is 3.16. The minimum atomic E-state index is 0.103. The lowest BCUT2D eigenvalue weighted by atomic mass is 9.74. The molecule has 0 aromatic carbocycles. The van der Waals surface area contributed by atoms with Crippen LogP contribution < -0.4 is 0 Å². The molecule has 1 aromatic heterocycles. The molecule has 2 aliphatic rings. The van der Waals surface area contributed by atoms with Crippen molar-refractivity contribution >= 4 is 23.2 Å². The summed E-state index contributed by atoms with van der Waals surface area (Å²) in [5, 5.41) is 1.94. The van der Waals surface area contributed by atoms with Gasteiger partial charge in [-0.2, -0.15) is 0 Å². The van der Waals surface area contributed by atoms with E-state index in [-0.39, 0.29) is 17.2 Å². The number of thiophene rings is 1. The SMILES string of the molecule is CCN1C(=O)CCC2(CN(C)C(=O)c3cccs3)CCCC12. The van der Waals surface area contributed by atoms with Crippen molar-refractivity contribution < 1.29 is 9.59 Å². The van der Waals surface area contributed by atoms with Crippen LogP contribution in [0.4, 0.5) is 0 Å². The lowest BCUT2D eigenvalue weighted by Crippen LogP contribution is -2.56. The van der Waals surface area contributed by atoms with Crippen molar-refractivity contribution in [2.75, 3.05) is 20.1 Å².